The number of nitrogens with two attached hydrogens (primary N) is 1. The predicted octanol–water partition coefficient (Wildman–Crippen LogP) is 2.73. The Morgan fingerprint density at radius 1 is 1.44 bits per heavy atom. The summed E-state index contributed by atoms with van der Waals surface area (Å²) in [5.74, 6) is 0.468. The van der Waals surface area contributed by atoms with Crippen LogP contribution in [0.15, 0.2) is 18.2 Å². The fourth-order valence-corrected chi connectivity index (χ4v) is 2.54. The third-order valence-electron chi connectivity index (χ3n) is 3.64. The quantitative estimate of drug-likeness (QED) is 0.917. The molecule has 4 heteroatoms. The van der Waals surface area contributed by atoms with Gasteiger partial charge < -0.3 is 5.73 Å². The molecule has 1 saturated heterocycles. The summed E-state index contributed by atoms with van der Waals surface area (Å²) in [4.78, 5) is 2.39. The van der Waals surface area contributed by atoms with Crippen LogP contribution in [0.5, 0.6) is 0 Å². The van der Waals surface area contributed by atoms with Crippen molar-refractivity contribution >= 4 is 12.4 Å². The molecule has 0 spiro atoms. The van der Waals surface area contributed by atoms with Gasteiger partial charge in [0.05, 0.1) is 0 Å². The van der Waals surface area contributed by atoms with Crippen molar-refractivity contribution in [3.05, 3.63) is 35.1 Å². The molecule has 2 N–H and O–H groups in total. The molecule has 2 rings (SSSR count). The molecule has 0 saturated carbocycles. The molecular weight excluding hydrogens is 251 g/mol. The van der Waals surface area contributed by atoms with Gasteiger partial charge in [-0.1, -0.05) is 6.07 Å². The second kappa shape index (κ2) is 7.07. The second-order valence-corrected chi connectivity index (χ2v) is 5.05. The lowest BCUT2D eigenvalue weighted by atomic mass is 9.97. The molecule has 18 heavy (non-hydrogen) atoms. The highest BCUT2D eigenvalue weighted by atomic mass is 35.5. The van der Waals surface area contributed by atoms with E-state index in [-0.39, 0.29) is 18.2 Å². The van der Waals surface area contributed by atoms with Crippen molar-refractivity contribution in [2.75, 3.05) is 19.6 Å². The van der Waals surface area contributed by atoms with Crippen molar-refractivity contribution in [1.29, 1.82) is 0 Å². The average molecular weight is 273 g/mol. The van der Waals surface area contributed by atoms with Crippen LogP contribution in [0.2, 0.25) is 0 Å². The minimum absolute atomic E-state index is 0. The van der Waals surface area contributed by atoms with Crippen LogP contribution in [0.4, 0.5) is 4.39 Å². The number of likely N-dealkylation sites (tertiary alicyclic amines) is 1. The van der Waals surface area contributed by atoms with E-state index in [1.165, 1.54) is 24.5 Å². The van der Waals surface area contributed by atoms with Crippen LogP contribution >= 0.6 is 12.4 Å². The van der Waals surface area contributed by atoms with Crippen LogP contribution in [-0.4, -0.2) is 24.5 Å². The zero-order valence-electron chi connectivity index (χ0n) is 10.9. The lowest BCUT2D eigenvalue weighted by Gasteiger charge is -2.32. The molecule has 1 fully saturated rings. The molecule has 1 aromatic rings. The molecule has 1 heterocycles. The number of nitrogens with zero attached hydrogens (tertiary/aromatic N) is 1. The monoisotopic (exact) mass is 272 g/mol. The summed E-state index contributed by atoms with van der Waals surface area (Å²) in [5, 5.41) is 0. The first-order valence-corrected chi connectivity index (χ1v) is 6.36. The van der Waals surface area contributed by atoms with E-state index in [9.17, 15) is 4.39 Å². The number of halogens is 2. The van der Waals surface area contributed by atoms with E-state index >= 15 is 0 Å². The zero-order valence-corrected chi connectivity index (χ0v) is 11.7. The van der Waals surface area contributed by atoms with E-state index in [1.54, 1.807) is 6.07 Å². The van der Waals surface area contributed by atoms with E-state index < -0.39 is 0 Å². The van der Waals surface area contributed by atoms with E-state index in [4.69, 9.17) is 5.73 Å². The van der Waals surface area contributed by atoms with Gasteiger partial charge in [0.25, 0.3) is 0 Å². The van der Waals surface area contributed by atoms with Crippen LogP contribution < -0.4 is 5.73 Å². The third kappa shape index (κ3) is 3.94. The summed E-state index contributed by atoms with van der Waals surface area (Å²) in [7, 11) is 0. The summed E-state index contributed by atoms with van der Waals surface area (Å²) in [6, 6.07) is 5.04. The van der Waals surface area contributed by atoms with Gasteiger partial charge >= 0.3 is 0 Å². The number of aryl methyl sites for hydroxylation is 1. The Morgan fingerprint density at radius 2 is 2.22 bits per heavy atom. The molecule has 0 aliphatic carbocycles. The van der Waals surface area contributed by atoms with Gasteiger partial charge in [-0.05, 0) is 62.0 Å². The maximum atomic E-state index is 13.2. The lowest BCUT2D eigenvalue weighted by molar-refractivity contribution is 0.170. The first-order valence-electron chi connectivity index (χ1n) is 6.36. The Kier molecular flexibility index (Phi) is 6.06. The number of hydrogen-bond donors (Lipinski definition) is 1. The molecule has 102 valence electrons. The second-order valence-electron chi connectivity index (χ2n) is 5.05. The molecule has 0 radical (unpaired) electrons. The number of piperidine rings is 1. The fraction of sp³-hybridized carbons (Fsp3) is 0.571. The van der Waals surface area contributed by atoms with E-state index in [0.717, 1.165) is 31.7 Å². The van der Waals surface area contributed by atoms with Gasteiger partial charge in [-0.25, -0.2) is 4.39 Å². The summed E-state index contributed by atoms with van der Waals surface area (Å²) in [5.41, 5.74) is 7.99. The Balaban J connectivity index is 0.00000162. The number of hydrogen-bond acceptors (Lipinski definition) is 2. The zero-order chi connectivity index (χ0) is 12.3. The molecule has 1 unspecified atom stereocenters. The molecule has 0 amide bonds. The van der Waals surface area contributed by atoms with E-state index in [1.807, 2.05) is 13.0 Å². The molecular formula is C14H22ClFN2. The molecule has 0 bridgehead atoms. The van der Waals surface area contributed by atoms with Crippen molar-refractivity contribution in [2.45, 2.75) is 26.3 Å². The Labute approximate surface area is 115 Å². The molecule has 1 atom stereocenters. The van der Waals surface area contributed by atoms with Crippen LogP contribution in [-0.2, 0) is 6.54 Å². The van der Waals surface area contributed by atoms with Gasteiger partial charge in [0.1, 0.15) is 5.82 Å². The maximum absolute atomic E-state index is 13.2. The highest BCUT2D eigenvalue weighted by molar-refractivity contribution is 5.85. The van der Waals surface area contributed by atoms with Crippen LogP contribution in [0.25, 0.3) is 0 Å². The fourth-order valence-electron chi connectivity index (χ4n) is 2.54. The first kappa shape index (κ1) is 15.4. The highest BCUT2D eigenvalue weighted by Crippen LogP contribution is 2.19. The normalized spacial score (nSPS) is 20.5. The Bertz CT molecular complexity index is 384. The van der Waals surface area contributed by atoms with Gasteiger partial charge in [0.15, 0.2) is 0 Å². The SMILES string of the molecule is Cc1ccc(F)cc1CN1CCCC(CN)C1.Cl. The maximum Gasteiger partial charge on any atom is 0.123 e. The summed E-state index contributed by atoms with van der Waals surface area (Å²) in [6.07, 6.45) is 2.44. The molecule has 1 aliphatic rings. The van der Waals surface area contributed by atoms with E-state index in [0.29, 0.717) is 5.92 Å². The standard InChI is InChI=1S/C14H21FN2.ClH/c1-11-4-5-14(15)7-13(11)10-17-6-2-3-12(8-16)9-17;/h4-5,7,12H,2-3,6,8-10,16H2,1H3;1H. The minimum atomic E-state index is -0.141. The highest BCUT2D eigenvalue weighted by Gasteiger charge is 2.19. The van der Waals surface area contributed by atoms with E-state index in [2.05, 4.69) is 4.90 Å². The van der Waals surface area contributed by atoms with Gasteiger partial charge in [-0.15, -0.1) is 12.4 Å². The Hall–Kier alpha value is -0.640. The van der Waals surface area contributed by atoms with Crippen LogP contribution in [0, 0.1) is 18.7 Å². The summed E-state index contributed by atoms with van der Waals surface area (Å²) in [6.45, 7) is 5.80. The van der Waals surface area contributed by atoms with Crippen molar-refractivity contribution < 1.29 is 4.39 Å². The lowest BCUT2D eigenvalue weighted by Crippen LogP contribution is -2.38. The first-order chi connectivity index (χ1) is 8.19. The molecule has 2 nitrogen and oxygen atoms in total. The summed E-state index contributed by atoms with van der Waals surface area (Å²) >= 11 is 0. The average Bonchev–Trinajstić information content (AvgIpc) is 2.34. The van der Waals surface area contributed by atoms with Gasteiger partial charge in [-0.3, -0.25) is 4.90 Å². The van der Waals surface area contributed by atoms with Gasteiger partial charge in [0.2, 0.25) is 0 Å². The number of benzene rings is 1. The van der Waals surface area contributed by atoms with Gasteiger partial charge in [0, 0.05) is 13.1 Å². The smallest absolute Gasteiger partial charge is 0.123 e. The summed E-state index contributed by atoms with van der Waals surface area (Å²) < 4.78 is 13.2. The predicted molar refractivity (Wildman–Crippen MR) is 75.4 cm³/mol. The topological polar surface area (TPSA) is 29.3 Å². The molecule has 0 aromatic heterocycles. The minimum Gasteiger partial charge on any atom is -0.330 e. The van der Waals surface area contributed by atoms with Gasteiger partial charge in [-0.2, -0.15) is 0 Å². The van der Waals surface area contributed by atoms with Crippen molar-refractivity contribution in [3.63, 3.8) is 0 Å². The number of rotatable bonds is 3. The molecule has 1 aliphatic heterocycles. The van der Waals surface area contributed by atoms with Crippen molar-refractivity contribution in [1.82, 2.24) is 4.90 Å². The van der Waals surface area contributed by atoms with Crippen molar-refractivity contribution in [3.8, 4) is 0 Å². The third-order valence-corrected chi connectivity index (χ3v) is 3.64. The Morgan fingerprint density at radius 3 is 2.94 bits per heavy atom. The largest absolute Gasteiger partial charge is 0.330 e. The van der Waals surface area contributed by atoms with Crippen LogP contribution in [0.3, 0.4) is 0 Å². The molecule has 1 aromatic carbocycles. The van der Waals surface area contributed by atoms with Crippen molar-refractivity contribution in [2.24, 2.45) is 11.7 Å². The van der Waals surface area contributed by atoms with Crippen LogP contribution in [0.1, 0.15) is 24.0 Å².